The highest BCUT2D eigenvalue weighted by Gasteiger charge is 2.52. The average molecular weight is 351 g/mol. The van der Waals surface area contributed by atoms with E-state index >= 15 is 0 Å². The van der Waals surface area contributed by atoms with Crippen molar-refractivity contribution in [1.82, 2.24) is 8.61 Å². The van der Waals surface area contributed by atoms with Gasteiger partial charge in [0.25, 0.3) is 10.2 Å². The van der Waals surface area contributed by atoms with Crippen molar-refractivity contribution in [3.63, 3.8) is 0 Å². The maximum absolute atomic E-state index is 12.6. The number of carbonyl (C=O) groups is 1. The number of carboxylic acid groups (broad SMARTS) is 1. The zero-order valence-corrected chi connectivity index (χ0v) is 14.4. The SMILES string of the molecule is CCN(CC)S(=O)(=O)N1C[C@H](CCCB(O)O)[C@](N)(C(=O)O)C1. The average Bonchev–Trinajstić information content (AvgIpc) is 2.79. The number of carboxylic acids is 1. The van der Waals surface area contributed by atoms with Crippen molar-refractivity contribution in [2.24, 2.45) is 11.7 Å². The van der Waals surface area contributed by atoms with Crippen molar-refractivity contribution in [1.29, 1.82) is 0 Å². The van der Waals surface area contributed by atoms with Gasteiger partial charge in [0.15, 0.2) is 0 Å². The smallest absolute Gasteiger partial charge is 0.451 e. The van der Waals surface area contributed by atoms with E-state index in [0.717, 1.165) is 4.31 Å². The third-order valence-corrected chi connectivity index (χ3v) is 6.46. The molecule has 5 N–H and O–H groups in total. The molecule has 0 radical (unpaired) electrons. The lowest BCUT2D eigenvalue weighted by atomic mass is 9.78. The van der Waals surface area contributed by atoms with Gasteiger partial charge in [-0.15, -0.1) is 0 Å². The molecule has 2 atom stereocenters. The van der Waals surface area contributed by atoms with Crippen molar-refractivity contribution in [3.05, 3.63) is 0 Å². The van der Waals surface area contributed by atoms with Crippen LogP contribution < -0.4 is 5.73 Å². The van der Waals surface area contributed by atoms with Crippen LogP contribution in [0.3, 0.4) is 0 Å². The number of hydrogen-bond donors (Lipinski definition) is 4. The van der Waals surface area contributed by atoms with Crippen LogP contribution in [0.15, 0.2) is 0 Å². The molecular formula is C12H26BN3O6S. The lowest BCUT2D eigenvalue weighted by Gasteiger charge is -2.26. The number of nitrogens with zero attached hydrogens (tertiary/aromatic N) is 2. The summed E-state index contributed by atoms with van der Waals surface area (Å²) < 4.78 is 27.5. The van der Waals surface area contributed by atoms with Crippen LogP contribution >= 0.6 is 0 Å². The Kier molecular flexibility index (Phi) is 6.99. The molecule has 1 heterocycles. The first-order valence-corrected chi connectivity index (χ1v) is 9.12. The highest BCUT2D eigenvalue weighted by molar-refractivity contribution is 7.86. The van der Waals surface area contributed by atoms with Crippen LogP contribution in [0.4, 0.5) is 0 Å². The molecule has 0 aromatic rings. The highest BCUT2D eigenvalue weighted by Crippen LogP contribution is 2.32. The normalized spacial score (nSPS) is 25.9. The summed E-state index contributed by atoms with van der Waals surface area (Å²) >= 11 is 0. The molecule has 1 fully saturated rings. The lowest BCUT2D eigenvalue weighted by molar-refractivity contribution is -0.144. The molecule has 0 amide bonds. The predicted octanol–water partition coefficient (Wildman–Crippen LogP) is -1.46. The second-order valence-corrected chi connectivity index (χ2v) is 7.77. The van der Waals surface area contributed by atoms with E-state index in [2.05, 4.69) is 0 Å². The van der Waals surface area contributed by atoms with Gasteiger partial charge in [-0.25, -0.2) is 0 Å². The van der Waals surface area contributed by atoms with Gasteiger partial charge in [0.05, 0.1) is 0 Å². The largest absolute Gasteiger partial charge is 0.480 e. The van der Waals surface area contributed by atoms with Gasteiger partial charge in [-0.1, -0.05) is 20.3 Å². The molecule has 0 aromatic carbocycles. The number of rotatable bonds is 9. The molecule has 0 unspecified atom stereocenters. The highest BCUT2D eigenvalue weighted by atomic mass is 32.2. The summed E-state index contributed by atoms with van der Waals surface area (Å²) in [6.07, 6.45) is 0.757. The molecule has 0 saturated carbocycles. The Labute approximate surface area is 137 Å². The van der Waals surface area contributed by atoms with Gasteiger partial charge in [0.1, 0.15) is 5.54 Å². The zero-order chi connectivity index (χ0) is 17.8. The third-order valence-electron chi connectivity index (χ3n) is 4.36. The Morgan fingerprint density at radius 3 is 2.39 bits per heavy atom. The Bertz CT molecular complexity index is 513. The molecule has 0 spiro atoms. The Hall–Kier alpha value is -0.715. The van der Waals surface area contributed by atoms with E-state index in [4.69, 9.17) is 15.8 Å². The van der Waals surface area contributed by atoms with Crippen molar-refractivity contribution in [2.75, 3.05) is 26.2 Å². The summed E-state index contributed by atoms with van der Waals surface area (Å²) in [7, 11) is -5.22. The predicted molar refractivity (Wildman–Crippen MR) is 85.7 cm³/mol. The summed E-state index contributed by atoms with van der Waals surface area (Å²) in [5.41, 5.74) is 4.32. The summed E-state index contributed by atoms with van der Waals surface area (Å²) in [6.45, 7) is 3.74. The Morgan fingerprint density at radius 2 is 1.96 bits per heavy atom. The van der Waals surface area contributed by atoms with E-state index in [9.17, 15) is 18.3 Å². The zero-order valence-electron chi connectivity index (χ0n) is 13.6. The fourth-order valence-electron chi connectivity index (χ4n) is 2.92. The van der Waals surface area contributed by atoms with Crippen LogP contribution in [0.2, 0.25) is 6.32 Å². The molecule has 1 aliphatic heterocycles. The number of aliphatic carboxylic acids is 1. The monoisotopic (exact) mass is 351 g/mol. The maximum atomic E-state index is 12.6. The van der Waals surface area contributed by atoms with Crippen LogP contribution in [0.5, 0.6) is 0 Å². The molecule has 23 heavy (non-hydrogen) atoms. The molecule has 1 saturated heterocycles. The van der Waals surface area contributed by atoms with E-state index in [0.29, 0.717) is 25.9 Å². The molecule has 0 bridgehead atoms. The van der Waals surface area contributed by atoms with Crippen LogP contribution in [0.1, 0.15) is 26.7 Å². The van der Waals surface area contributed by atoms with Crippen LogP contribution in [-0.2, 0) is 15.0 Å². The molecule has 9 nitrogen and oxygen atoms in total. The quantitative estimate of drug-likeness (QED) is 0.372. The second kappa shape index (κ2) is 7.91. The van der Waals surface area contributed by atoms with E-state index in [1.807, 2.05) is 0 Å². The van der Waals surface area contributed by atoms with Crippen LogP contribution in [-0.4, -0.2) is 77.0 Å². The maximum Gasteiger partial charge on any atom is 0.451 e. The summed E-state index contributed by atoms with van der Waals surface area (Å²) in [4.78, 5) is 11.6. The summed E-state index contributed by atoms with van der Waals surface area (Å²) in [5.74, 6) is -1.83. The lowest BCUT2D eigenvalue weighted by Crippen LogP contribution is -2.55. The Morgan fingerprint density at radius 1 is 1.39 bits per heavy atom. The molecule has 1 rings (SSSR count). The van der Waals surface area contributed by atoms with Crippen molar-refractivity contribution < 1.29 is 28.4 Å². The Balaban J connectivity index is 2.94. The second-order valence-electron chi connectivity index (χ2n) is 5.84. The van der Waals surface area contributed by atoms with Gasteiger partial charge >= 0.3 is 13.1 Å². The first kappa shape index (κ1) is 20.3. The van der Waals surface area contributed by atoms with Gasteiger partial charge in [-0.05, 0) is 12.7 Å². The molecule has 1 aliphatic rings. The standard InChI is InChI=1S/C12H26BN3O6S/c1-3-15(4-2)23(21,22)16-8-10(6-5-7-13(19)20)12(14,9-16)11(17)18/h10,19-20H,3-9,14H2,1-2H3,(H,17,18)/t10-,12-/m0/s1. The minimum Gasteiger partial charge on any atom is -0.480 e. The van der Waals surface area contributed by atoms with Gasteiger partial charge < -0.3 is 20.9 Å². The van der Waals surface area contributed by atoms with Gasteiger partial charge in [-0.3, -0.25) is 4.79 Å². The van der Waals surface area contributed by atoms with E-state index < -0.39 is 34.8 Å². The minimum absolute atomic E-state index is 0.0170. The van der Waals surface area contributed by atoms with Gasteiger partial charge in [-0.2, -0.15) is 17.0 Å². The number of hydrogen-bond acceptors (Lipinski definition) is 6. The van der Waals surface area contributed by atoms with Crippen molar-refractivity contribution in [3.8, 4) is 0 Å². The van der Waals surface area contributed by atoms with E-state index in [-0.39, 0.29) is 19.4 Å². The van der Waals surface area contributed by atoms with Crippen LogP contribution in [0.25, 0.3) is 0 Å². The van der Waals surface area contributed by atoms with E-state index in [1.165, 1.54) is 4.31 Å². The number of nitrogens with two attached hydrogens (primary N) is 1. The van der Waals surface area contributed by atoms with Gasteiger partial charge in [0.2, 0.25) is 0 Å². The topological polar surface area (TPSA) is 144 Å². The first-order valence-electron chi connectivity index (χ1n) is 7.73. The van der Waals surface area contributed by atoms with Crippen molar-refractivity contribution >= 4 is 23.3 Å². The summed E-state index contributed by atoms with van der Waals surface area (Å²) in [6, 6.07) is 0. The van der Waals surface area contributed by atoms with Crippen molar-refractivity contribution in [2.45, 2.75) is 38.5 Å². The summed E-state index contributed by atoms with van der Waals surface area (Å²) in [5, 5.41) is 27.2. The van der Waals surface area contributed by atoms with E-state index in [1.54, 1.807) is 13.8 Å². The molecular weight excluding hydrogens is 325 g/mol. The fraction of sp³-hybridized carbons (Fsp3) is 0.917. The van der Waals surface area contributed by atoms with Gasteiger partial charge in [0, 0.05) is 32.1 Å². The van der Waals surface area contributed by atoms with Crippen LogP contribution in [0, 0.1) is 5.92 Å². The molecule has 134 valence electrons. The fourth-order valence-corrected chi connectivity index (χ4v) is 4.65. The minimum atomic E-state index is -3.76. The molecule has 0 aliphatic carbocycles. The molecule has 11 heteroatoms. The molecule has 0 aromatic heterocycles. The first-order chi connectivity index (χ1) is 10.6. The third kappa shape index (κ3) is 4.43.